The summed E-state index contributed by atoms with van der Waals surface area (Å²) in [7, 11) is 0. The third kappa shape index (κ3) is 4.82. The van der Waals surface area contributed by atoms with Crippen LogP contribution in [-0.2, 0) is 19.2 Å². The molecule has 2 amide bonds. The Labute approximate surface area is 205 Å². The van der Waals surface area contributed by atoms with E-state index in [2.05, 4.69) is 30.9 Å². The van der Waals surface area contributed by atoms with Crippen LogP contribution in [-0.4, -0.2) is 89.6 Å². The first kappa shape index (κ1) is 24.2. The molecule has 4 atom stereocenters. The lowest BCUT2D eigenvalue weighted by atomic mass is 9.89. The summed E-state index contributed by atoms with van der Waals surface area (Å²) in [6, 6.07) is -0.844. The van der Waals surface area contributed by atoms with Gasteiger partial charge in [-0.2, -0.15) is 10.3 Å². The smallest absolute Gasteiger partial charge is 0.313 e. The van der Waals surface area contributed by atoms with Gasteiger partial charge in [-0.1, -0.05) is 5.16 Å². The molecule has 17 heteroatoms. The molecule has 3 unspecified atom stereocenters. The van der Waals surface area contributed by atoms with Gasteiger partial charge >= 0.3 is 5.97 Å². The van der Waals surface area contributed by atoms with Gasteiger partial charge in [-0.05, 0) is 6.92 Å². The molecule has 34 heavy (non-hydrogen) atoms. The molecule has 2 aliphatic rings. The molecule has 0 aliphatic carbocycles. The first-order chi connectivity index (χ1) is 16.2. The maximum atomic E-state index is 12.9. The number of thioether (sulfide) groups is 2. The standard InChI is InChI=1S/C17H21N9O5S3/c1-7(18)31-24-10(8-3-32-16(19)21-8)12(27)22-11-13(28)26-4-17(15(29)30,6-34-14(11)26)5-33-9-2-20-25-23-9/h2-3,7,11,14H,4-6,18H2,1H3,(H2,19,21)(H,22,27)(H,29,30)(H,20,23,25)/t7?,11?,14-,17?/m1/s1. The number of aliphatic carboxylic acids is 1. The van der Waals surface area contributed by atoms with E-state index in [1.807, 2.05) is 0 Å². The van der Waals surface area contributed by atoms with Gasteiger partial charge in [0.15, 0.2) is 17.1 Å². The zero-order valence-corrected chi connectivity index (χ0v) is 20.2. The Morgan fingerprint density at radius 2 is 2.35 bits per heavy atom. The van der Waals surface area contributed by atoms with Crippen LogP contribution in [0.5, 0.6) is 0 Å². The Hall–Kier alpha value is -2.89. The third-order valence-corrected chi connectivity index (χ3v) is 8.51. The fourth-order valence-electron chi connectivity index (χ4n) is 3.33. The van der Waals surface area contributed by atoms with Crippen LogP contribution in [0.25, 0.3) is 0 Å². The summed E-state index contributed by atoms with van der Waals surface area (Å²) in [5.74, 6) is -1.59. The molecule has 2 fully saturated rings. The number of hydrogen-bond acceptors (Lipinski definition) is 13. The van der Waals surface area contributed by atoms with Crippen LogP contribution in [0.2, 0.25) is 0 Å². The van der Waals surface area contributed by atoms with E-state index in [4.69, 9.17) is 16.3 Å². The second kappa shape index (κ2) is 9.77. The number of amides is 2. The van der Waals surface area contributed by atoms with Gasteiger partial charge in [0.05, 0.1) is 6.20 Å². The molecule has 4 heterocycles. The van der Waals surface area contributed by atoms with Crippen molar-refractivity contribution in [1.82, 2.24) is 30.6 Å². The number of thiazole rings is 1. The van der Waals surface area contributed by atoms with Gasteiger partial charge in [0.25, 0.3) is 5.91 Å². The van der Waals surface area contributed by atoms with Crippen LogP contribution in [0.4, 0.5) is 5.13 Å². The van der Waals surface area contributed by atoms with Gasteiger partial charge in [0.2, 0.25) is 5.91 Å². The number of carbonyl (C=O) groups is 3. The summed E-state index contributed by atoms with van der Waals surface area (Å²) in [6.07, 6.45) is 0.733. The Kier molecular flexibility index (Phi) is 6.96. The highest BCUT2D eigenvalue weighted by molar-refractivity contribution is 8.00. The number of nitrogens with one attached hydrogen (secondary N) is 2. The van der Waals surface area contributed by atoms with Gasteiger partial charge in [0.1, 0.15) is 27.6 Å². The number of β-lactam (4-membered cyclic amide) rings is 1. The molecule has 2 aliphatic heterocycles. The molecule has 2 saturated heterocycles. The third-order valence-electron chi connectivity index (χ3n) is 5.06. The molecule has 14 nitrogen and oxygen atoms in total. The molecule has 2 aromatic heterocycles. The average Bonchev–Trinajstić information content (AvgIpc) is 3.47. The first-order valence-electron chi connectivity index (χ1n) is 9.86. The number of oxime groups is 1. The summed E-state index contributed by atoms with van der Waals surface area (Å²) >= 11 is 3.67. The van der Waals surface area contributed by atoms with Crippen LogP contribution in [0.15, 0.2) is 21.8 Å². The van der Waals surface area contributed by atoms with Crippen molar-refractivity contribution >= 4 is 63.5 Å². The number of H-pyrrole nitrogens is 1. The second-order valence-corrected chi connectivity index (χ2v) is 10.6. The number of aromatic nitrogens is 4. The molecular weight excluding hydrogens is 506 g/mol. The lowest BCUT2D eigenvalue weighted by molar-refractivity contribution is -0.157. The lowest BCUT2D eigenvalue weighted by Gasteiger charge is -2.53. The second-order valence-electron chi connectivity index (χ2n) is 7.62. The van der Waals surface area contributed by atoms with E-state index in [-0.39, 0.29) is 40.5 Å². The molecule has 0 spiro atoms. The number of fused-ring (bicyclic) bond motifs is 1. The molecule has 182 valence electrons. The first-order valence-corrected chi connectivity index (χ1v) is 12.8. The highest BCUT2D eigenvalue weighted by Crippen LogP contribution is 2.44. The monoisotopic (exact) mass is 527 g/mol. The van der Waals surface area contributed by atoms with Crippen molar-refractivity contribution in [3.63, 3.8) is 0 Å². The van der Waals surface area contributed by atoms with Crippen molar-refractivity contribution in [2.24, 2.45) is 16.3 Å². The van der Waals surface area contributed by atoms with Gasteiger partial charge in [-0.3, -0.25) is 20.1 Å². The Bertz CT molecular complexity index is 1110. The van der Waals surface area contributed by atoms with Gasteiger partial charge in [-0.15, -0.1) is 40.0 Å². The Morgan fingerprint density at radius 3 is 2.97 bits per heavy atom. The van der Waals surface area contributed by atoms with Gasteiger partial charge in [0, 0.05) is 23.4 Å². The molecule has 0 radical (unpaired) electrons. The Morgan fingerprint density at radius 1 is 1.56 bits per heavy atom. The van der Waals surface area contributed by atoms with Gasteiger partial charge in [-0.25, -0.2) is 4.98 Å². The maximum absolute atomic E-state index is 12.9. The summed E-state index contributed by atoms with van der Waals surface area (Å²) in [5.41, 5.74) is 10.1. The number of aromatic amines is 1. The summed E-state index contributed by atoms with van der Waals surface area (Å²) < 4.78 is 0. The minimum atomic E-state index is -1.16. The minimum absolute atomic E-state index is 0.0213. The van der Waals surface area contributed by atoms with E-state index in [0.29, 0.717) is 5.03 Å². The number of anilines is 1. The maximum Gasteiger partial charge on any atom is 0.313 e. The van der Waals surface area contributed by atoms with E-state index in [0.717, 1.165) is 11.3 Å². The van der Waals surface area contributed by atoms with Crippen LogP contribution in [0.3, 0.4) is 0 Å². The van der Waals surface area contributed by atoms with E-state index in [9.17, 15) is 19.5 Å². The highest BCUT2D eigenvalue weighted by Gasteiger charge is 2.57. The molecule has 4 rings (SSSR count). The van der Waals surface area contributed by atoms with Crippen molar-refractivity contribution in [2.45, 2.75) is 29.6 Å². The van der Waals surface area contributed by atoms with Crippen LogP contribution < -0.4 is 16.8 Å². The number of carboxylic acid groups (broad SMARTS) is 1. The number of nitrogen functional groups attached to an aromatic ring is 1. The SMILES string of the molecule is CC(N)ON=C(C(=O)NC1C(=O)N2CC(CSc3cn[nH]n3)(C(=O)O)CS[C@H]12)c1csc(N)n1. The molecule has 0 saturated carbocycles. The number of nitrogens with zero attached hydrogens (tertiary/aromatic N) is 5. The summed E-state index contributed by atoms with van der Waals surface area (Å²) in [5, 5.41) is 28.4. The number of nitrogens with two attached hydrogens (primary N) is 2. The topological polar surface area (TPSA) is 215 Å². The van der Waals surface area contributed by atoms with E-state index < -0.39 is 34.9 Å². The molecular formula is C17H21N9O5S3. The van der Waals surface area contributed by atoms with E-state index in [1.165, 1.54) is 46.9 Å². The minimum Gasteiger partial charge on any atom is -0.481 e. The number of rotatable bonds is 9. The molecule has 0 aromatic carbocycles. The highest BCUT2D eigenvalue weighted by atomic mass is 32.2. The quantitative estimate of drug-likeness (QED) is 0.0884. The van der Waals surface area contributed by atoms with Crippen molar-refractivity contribution in [1.29, 1.82) is 0 Å². The fraction of sp³-hybridized carbons (Fsp3) is 0.471. The van der Waals surface area contributed by atoms with Gasteiger partial charge < -0.3 is 25.9 Å². The number of carboxylic acids is 1. The fourth-order valence-corrected chi connectivity index (χ4v) is 6.52. The Balaban J connectivity index is 1.43. The average molecular weight is 528 g/mol. The van der Waals surface area contributed by atoms with Crippen molar-refractivity contribution < 1.29 is 24.3 Å². The van der Waals surface area contributed by atoms with Crippen LogP contribution in [0.1, 0.15) is 12.6 Å². The molecule has 0 bridgehead atoms. The zero-order valence-electron chi connectivity index (χ0n) is 17.7. The molecule has 7 N–H and O–H groups in total. The lowest BCUT2D eigenvalue weighted by Crippen LogP contribution is -2.74. The van der Waals surface area contributed by atoms with Crippen molar-refractivity contribution in [3.05, 3.63) is 17.3 Å². The van der Waals surface area contributed by atoms with Crippen molar-refractivity contribution in [3.8, 4) is 0 Å². The zero-order chi connectivity index (χ0) is 24.5. The largest absolute Gasteiger partial charge is 0.481 e. The predicted octanol–water partition coefficient (Wildman–Crippen LogP) is -0.868. The molecule has 2 aromatic rings. The summed E-state index contributed by atoms with van der Waals surface area (Å²) in [4.78, 5) is 48.4. The van der Waals surface area contributed by atoms with Crippen LogP contribution in [0, 0.1) is 5.41 Å². The summed E-state index contributed by atoms with van der Waals surface area (Å²) in [6.45, 7) is 1.56. The number of carbonyl (C=O) groups excluding carboxylic acids is 2. The van der Waals surface area contributed by atoms with E-state index >= 15 is 0 Å². The number of hydrogen-bond donors (Lipinski definition) is 5. The normalized spacial score (nSPS) is 25.3. The van der Waals surface area contributed by atoms with Crippen molar-refractivity contribution in [2.75, 3.05) is 23.8 Å². The predicted molar refractivity (Wildman–Crippen MR) is 125 cm³/mol. The van der Waals surface area contributed by atoms with Crippen LogP contribution >= 0.6 is 34.9 Å². The van der Waals surface area contributed by atoms with E-state index in [1.54, 1.807) is 0 Å².